The van der Waals surface area contributed by atoms with Crippen molar-refractivity contribution in [2.24, 2.45) is 0 Å². The van der Waals surface area contributed by atoms with Gasteiger partial charge in [-0.2, -0.15) is 0 Å². The topological polar surface area (TPSA) is 70.9 Å². The van der Waals surface area contributed by atoms with Crippen molar-refractivity contribution in [1.29, 1.82) is 0 Å². The molecule has 3 rings (SSSR count). The molecule has 0 radical (unpaired) electrons. The molecule has 1 aliphatic heterocycles. The van der Waals surface area contributed by atoms with Crippen LogP contribution in [0.4, 0.5) is 11.4 Å². The maximum absolute atomic E-state index is 12.6. The van der Waals surface area contributed by atoms with Crippen LogP contribution in [0.2, 0.25) is 0 Å². The predicted molar refractivity (Wildman–Crippen MR) is 107 cm³/mol. The SMILES string of the molecule is CC[NH+]1CCN(c2ccc(NS(=O)(=O)c3cccc(C(C)=O)c3)cc2)CC1. The van der Waals surface area contributed by atoms with Crippen LogP contribution in [-0.4, -0.2) is 46.9 Å². The number of benzene rings is 2. The summed E-state index contributed by atoms with van der Waals surface area (Å²) < 4.78 is 27.8. The Kier molecular flexibility index (Phi) is 5.82. The molecule has 1 heterocycles. The molecule has 0 aromatic heterocycles. The molecule has 1 saturated heterocycles. The fraction of sp³-hybridized carbons (Fsp3) is 0.350. The Bertz CT molecular complexity index is 902. The zero-order valence-electron chi connectivity index (χ0n) is 15.7. The van der Waals surface area contributed by atoms with Gasteiger partial charge in [-0.3, -0.25) is 9.52 Å². The maximum atomic E-state index is 12.6. The van der Waals surface area contributed by atoms with E-state index in [2.05, 4.69) is 16.5 Å². The zero-order chi connectivity index (χ0) is 19.4. The van der Waals surface area contributed by atoms with E-state index in [1.807, 2.05) is 12.1 Å². The summed E-state index contributed by atoms with van der Waals surface area (Å²) in [5, 5.41) is 0. The van der Waals surface area contributed by atoms with Crippen LogP contribution in [0.15, 0.2) is 53.4 Å². The van der Waals surface area contributed by atoms with E-state index in [0.29, 0.717) is 11.3 Å². The largest absolute Gasteiger partial charge is 0.360 e. The molecule has 2 N–H and O–H groups in total. The van der Waals surface area contributed by atoms with E-state index in [9.17, 15) is 13.2 Å². The molecule has 0 amide bonds. The molecule has 0 aliphatic carbocycles. The van der Waals surface area contributed by atoms with E-state index in [1.54, 1.807) is 29.2 Å². The first-order chi connectivity index (χ1) is 12.9. The molecule has 2 aromatic rings. The third-order valence-electron chi connectivity index (χ3n) is 5.01. The van der Waals surface area contributed by atoms with Gasteiger partial charge in [-0.1, -0.05) is 12.1 Å². The van der Waals surface area contributed by atoms with Crippen molar-refractivity contribution in [1.82, 2.24) is 0 Å². The zero-order valence-corrected chi connectivity index (χ0v) is 16.6. The van der Waals surface area contributed by atoms with Crippen molar-refractivity contribution < 1.29 is 18.1 Å². The van der Waals surface area contributed by atoms with Crippen LogP contribution in [0.5, 0.6) is 0 Å². The second-order valence-corrected chi connectivity index (χ2v) is 8.51. The highest BCUT2D eigenvalue weighted by Crippen LogP contribution is 2.21. The van der Waals surface area contributed by atoms with Crippen LogP contribution in [0.3, 0.4) is 0 Å². The fourth-order valence-electron chi connectivity index (χ4n) is 3.27. The highest BCUT2D eigenvalue weighted by atomic mass is 32.2. The highest BCUT2D eigenvalue weighted by Gasteiger charge is 2.19. The molecule has 0 unspecified atom stereocenters. The molecule has 0 spiro atoms. The van der Waals surface area contributed by atoms with Gasteiger partial charge in [-0.15, -0.1) is 0 Å². The molecule has 7 heteroatoms. The van der Waals surface area contributed by atoms with Crippen molar-refractivity contribution in [3.63, 3.8) is 0 Å². The molecule has 0 atom stereocenters. The monoisotopic (exact) mass is 388 g/mol. The van der Waals surface area contributed by atoms with Crippen LogP contribution in [0.1, 0.15) is 24.2 Å². The summed E-state index contributed by atoms with van der Waals surface area (Å²) in [6.07, 6.45) is 0. The summed E-state index contributed by atoms with van der Waals surface area (Å²) in [6.45, 7) is 9.03. The van der Waals surface area contributed by atoms with Gasteiger partial charge in [0.1, 0.15) is 0 Å². The Labute approximate surface area is 160 Å². The lowest BCUT2D eigenvalue weighted by molar-refractivity contribution is -0.898. The standard InChI is InChI=1S/C20H25N3O3S/c1-3-22-11-13-23(14-12-22)19-9-7-18(8-10-19)21-27(25,26)20-6-4-5-17(15-20)16(2)24/h4-10,15,21H,3,11-14H2,1-2H3/p+1. The number of piperazine rings is 1. The average molecular weight is 389 g/mol. The lowest BCUT2D eigenvalue weighted by atomic mass is 10.2. The summed E-state index contributed by atoms with van der Waals surface area (Å²) in [7, 11) is -3.74. The van der Waals surface area contributed by atoms with Crippen molar-refractivity contribution in [2.45, 2.75) is 18.7 Å². The van der Waals surface area contributed by atoms with E-state index in [0.717, 1.165) is 38.4 Å². The first kappa shape index (κ1) is 19.4. The Morgan fingerprint density at radius 2 is 1.78 bits per heavy atom. The number of ketones is 1. The van der Waals surface area contributed by atoms with Crippen molar-refractivity contribution >= 4 is 27.2 Å². The Hall–Kier alpha value is -2.38. The number of carbonyl (C=O) groups excluding carboxylic acids is 1. The van der Waals surface area contributed by atoms with Gasteiger partial charge in [0.15, 0.2) is 5.78 Å². The number of rotatable bonds is 6. The minimum atomic E-state index is -3.74. The van der Waals surface area contributed by atoms with Crippen molar-refractivity contribution in [2.75, 3.05) is 42.3 Å². The molecule has 6 nitrogen and oxygen atoms in total. The van der Waals surface area contributed by atoms with E-state index < -0.39 is 10.0 Å². The summed E-state index contributed by atoms with van der Waals surface area (Å²) in [4.78, 5) is 15.5. The average Bonchev–Trinajstić information content (AvgIpc) is 2.68. The molecule has 0 bridgehead atoms. The van der Waals surface area contributed by atoms with Gasteiger partial charge in [0, 0.05) is 16.9 Å². The summed E-state index contributed by atoms with van der Waals surface area (Å²) in [5.41, 5.74) is 1.98. The van der Waals surface area contributed by atoms with Crippen LogP contribution in [-0.2, 0) is 10.0 Å². The van der Waals surface area contributed by atoms with Gasteiger partial charge in [0.25, 0.3) is 10.0 Å². The van der Waals surface area contributed by atoms with E-state index in [-0.39, 0.29) is 10.7 Å². The van der Waals surface area contributed by atoms with Gasteiger partial charge < -0.3 is 9.80 Å². The molecule has 2 aromatic carbocycles. The summed E-state index contributed by atoms with van der Waals surface area (Å²) in [6, 6.07) is 13.5. The number of nitrogens with zero attached hydrogens (tertiary/aromatic N) is 1. The molecule has 0 saturated carbocycles. The van der Waals surface area contributed by atoms with Gasteiger partial charge in [0.05, 0.1) is 37.6 Å². The fourth-order valence-corrected chi connectivity index (χ4v) is 4.38. The molecular formula is C20H26N3O3S+. The number of Topliss-reactive ketones (excluding diaryl/α,β-unsaturated/α-hetero) is 1. The van der Waals surface area contributed by atoms with Crippen LogP contribution in [0, 0.1) is 0 Å². The smallest absolute Gasteiger partial charge is 0.261 e. The van der Waals surface area contributed by atoms with Crippen LogP contribution in [0.25, 0.3) is 0 Å². The van der Waals surface area contributed by atoms with Gasteiger partial charge in [-0.05, 0) is 50.2 Å². The minimum Gasteiger partial charge on any atom is -0.360 e. The lowest BCUT2D eigenvalue weighted by Crippen LogP contribution is -3.14. The molecule has 144 valence electrons. The number of carbonyl (C=O) groups is 1. The maximum Gasteiger partial charge on any atom is 0.261 e. The van der Waals surface area contributed by atoms with Gasteiger partial charge >= 0.3 is 0 Å². The second-order valence-electron chi connectivity index (χ2n) is 6.83. The third-order valence-corrected chi connectivity index (χ3v) is 6.39. The van der Waals surface area contributed by atoms with Crippen molar-refractivity contribution in [3.05, 3.63) is 54.1 Å². The number of anilines is 2. The van der Waals surface area contributed by atoms with Crippen LogP contribution >= 0.6 is 0 Å². The lowest BCUT2D eigenvalue weighted by Gasteiger charge is -2.33. The Morgan fingerprint density at radius 3 is 2.37 bits per heavy atom. The van der Waals surface area contributed by atoms with E-state index in [1.165, 1.54) is 19.1 Å². The normalized spacial score (nSPS) is 15.6. The van der Waals surface area contributed by atoms with Gasteiger partial charge in [0.2, 0.25) is 0 Å². The Morgan fingerprint density at radius 1 is 1.11 bits per heavy atom. The number of likely N-dealkylation sites (N-methyl/N-ethyl adjacent to an activating group) is 1. The quantitative estimate of drug-likeness (QED) is 0.734. The molecule has 1 fully saturated rings. The number of quaternary nitrogens is 1. The van der Waals surface area contributed by atoms with Crippen LogP contribution < -0.4 is 14.5 Å². The van der Waals surface area contributed by atoms with E-state index >= 15 is 0 Å². The molecule has 27 heavy (non-hydrogen) atoms. The number of hydrogen-bond acceptors (Lipinski definition) is 4. The first-order valence-electron chi connectivity index (χ1n) is 9.21. The number of hydrogen-bond donors (Lipinski definition) is 2. The van der Waals surface area contributed by atoms with E-state index in [4.69, 9.17) is 0 Å². The molecule has 1 aliphatic rings. The highest BCUT2D eigenvalue weighted by molar-refractivity contribution is 7.92. The molecular weight excluding hydrogens is 362 g/mol. The second kappa shape index (κ2) is 8.10. The summed E-state index contributed by atoms with van der Waals surface area (Å²) >= 11 is 0. The summed E-state index contributed by atoms with van der Waals surface area (Å²) in [5.74, 6) is -0.165. The number of sulfonamides is 1. The number of nitrogens with one attached hydrogen (secondary N) is 2. The Balaban J connectivity index is 1.70. The van der Waals surface area contributed by atoms with Crippen molar-refractivity contribution in [3.8, 4) is 0 Å². The predicted octanol–water partition coefficient (Wildman–Crippen LogP) is 1.41. The first-order valence-corrected chi connectivity index (χ1v) is 10.7. The van der Waals surface area contributed by atoms with Gasteiger partial charge in [-0.25, -0.2) is 8.42 Å². The third kappa shape index (κ3) is 4.67. The minimum absolute atomic E-state index is 0.0814.